The number of carbonyl (C=O) groups excluding carboxylic acids is 2. The number of piperidine rings is 1. The Hall–Kier alpha value is -2.15. The van der Waals surface area contributed by atoms with E-state index in [0.29, 0.717) is 31.6 Å². The molecule has 0 atom stereocenters. The Morgan fingerprint density at radius 3 is 2.62 bits per heavy atom. The first-order chi connectivity index (χ1) is 9.95. The minimum Gasteiger partial charge on any atom is -0.399 e. The average molecular weight is 294 g/mol. The molecular formula is C14H19FN4O2. The zero-order valence-corrected chi connectivity index (χ0v) is 11.6. The molecule has 5 N–H and O–H groups in total. The molecule has 0 radical (unpaired) electrons. The number of amides is 2. The average Bonchev–Trinajstić information content (AvgIpc) is 2.43. The molecular weight excluding hydrogens is 275 g/mol. The van der Waals surface area contributed by atoms with E-state index in [1.165, 1.54) is 18.2 Å². The van der Waals surface area contributed by atoms with Crippen LogP contribution in [0.3, 0.4) is 0 Å². The summed E-state index contributed by atoms with van der Waals surface area (Å²) in [5, 5.41) is 2.51. The van der Waals surface area contributed by atoms with E-state index >= 15 is 0 Å². The molecule has 0 aliphatic carbocycles. The number of nitrogen functional groups attached to an aromatic ring is 1. The third-order valence-corrected chi connectivity index (χ3v) is 3.62. The molecule has 6 nitrogen and oxygen atoms in total. The number of anilines is 2. The van der Waals surface area contributed by atoms with Gasteiger partial charge in [-0.15, -0.1) is 0 Å². The topological polar surface area (TPSA) is 101 Å². The SMILES string of the molecule is NC(=O)C1CCN(CC(=O)Nc2cc(N)ccc2F)CC1. The number of nitrogens with one attached hydrogen (secondary N) is 1. The van der Waals surface area contributed by atoms with Crippen molar-refractivity contribution < 1.29 is 14.0 Å². The molecule has 0 unspecified atom stereocenters. The summed E-state index contributed by atoms with van der Waals surface area (Å²) >= 11 is 0. The minimum atomic E-state index is -0.523. The summed E-state index contributed by atoms with van der Waals surface area (Å²) in [5.41, 5.74) is 11.3. The Morgan fingerprint density at radius 1 is 1.33 bits per heavy atom. The molecule has 2 rings (SSSR count). The second-order valence-electron chi connectivity index (χ2n) is 5.24. The highest BCUT2D eigenvalue weighted by Crippen LogP contribution is 2.19. The van der Waals surface area contributed by atoms with Crippen molar-refractivity contribution in [3.63, 3.8) is 0 Å². The number of likely N-dealkylation sites (tertiary alicyclic amines) is 1. The van der Waals surface area contributed by atoms with Crippen LogP contribution in [0.4, 0.5) is 15.8 Å². The van der Waals surface area contributed by atoms with Crippen LogP contribution in [0.5, 0.6) is 0 Å². The lowest BCUT2D eigenvalue weighted by molar-refractivity contribution is -0.123. The molecule has 114 valence electrons. The van der Waals surface area contributed by atoms with Gasteiger partial charge in [-0.25, -0.2) is 4.39 Å². The summed E-state index contributed by atoms with van der Waals surface area (Å²) < 4.78 is 13.5. The number of benzene rings is 1. The smallest absolute Gasteiger partial charge is 0.238 e. The van der Waals surface area contributed by atoms with Crippen LogP contribution < -0.4 is 16.8 Å². The highest BCUT2D eigenvalue weighted by molar-refractivity contribution is 5.92. The Morgan fingerprint density at radius 2 is 2.00 bits per heavy atom. The monoisotopic (exact) mass is 294 g/mol. The molecule has 0 aromatic heterocycles. The quantitative estimate of drug-likeness (QED) is 0.705. The third kappa shape index (κ3) is 4.16. The summed E-state index contributed by atoms with van der Waals surface area (Å²) in [6.45, 7) is 1.40. The fraction of sp³-hybridized carbons (Fsp3) is 0.429. The van der Waals surface area contributed by atoms with E-state index in [-0.39, 0.29) is 30.0 Å². The largest absolute Gasteiger partial charge is 0.399 e. The van der Waals surface area contributed by atoms with Crippen LogP contribution >= 0.6 is 0 Å². The second-order valence-corrected chi connectivity index (χ2v) is 5.24. The molecule has 1 heterocycles. The maximum absolute atomic E-state index is 13.5. The number of hydrogen-bond donors (Lipinski definition) is 3. The van der Waals surface area contributed by atoms with E-state index in [1.807, 2.05) is 4.90 Å². The number of nitrogens with zero attached hydrogens (tertiary/aromatic N) is 1. The summed E-state index contributed by atoms with van der Waals surface area (Å²) in [5.74, 6) is -1.24. The third-order valence-electron chi connectivity index (χ3n) is 3.62. The predicted octanol–water partition coefficient (Wildman–Crippen LogP) is 0.544. The molecule has 0 bridgehead atoms. The van der Waals surface area contributed by atoms with E-state index < -0.39 is 5.82 Å². The summed E-state index contributed by atoms with van der Waals surface area (Å²) in [6, 6.07) is 4.02. The zero-order valence-electron chi connectivity index (χ0n) is 11.6. The van der Waals surface area contributed by atoms with Crippen molar-refractivity contribution in [1.29, 1.82) is 0 Å². The first kappa shape index (κ1) is 15.2. The van der Waals surface area contributed by atoms with Crippen LogP contribution in [0.2, 0.25) is 0 Å². The van der Waals surface area contributed by atoms with Gasteiger partial charge < -0.3 is 16.8 Å². The van der Waals surface area contributed by atoms with Crippen molar-refractivity contribution in [3.8, 4) is 0 Å². The number of carbonyl (C=O) groups is 2. The van der Waals surface area contributed by atoms with Gasteiger partial charge in [-0.1, -0.05) is 0 Å². The second kappa shape index (κ2) is 6.53. The van der Waals surface area contributed by atoms with Crippen molar-refractivity contribution >= 4 is 23.2 Å². The first-order valence-electron chi connectivity index (χ1n) is 6.82. The molecule has 1 aliphatic heterocycles. The van der Waals surface area contributed by atoms with Crippen LogP contribution in [-0.4, -0.2) is 36.3 Å². The molecule has 21 heavy (non-hydrogen) atoms. The number of nitrogens with two attached hydrogens (primary N) is 2. The summed E-state index contributed by atoms with van der Waals surface area (Å²) in [6.07, 6.45) is 1.30. The first-order valence-corrected chi connectivity index (χ1v) is 6.82. The molecule has 1 fully saturated rings. The van der Waals surface area contributed by atoms with E-state index in [0.717, 1.165) is 0 Å². The Labute approximate surface area is 122 Å². The van der Waals surface area contributed by atoms with Crippen LogP contribution in [0, 0.1) is 11.7 Å². The lowest BCUT2D eigenvalue weighted by Crippen LogP contribution is -2.42. The number of rotatable bonds is 4. The Kier molecular flexibility index (Phi) is 4.74. The standard InChI is InChI=1S/C14H19FN4O2/c15-11-2-1-10(16)7-12(11)18-13(20)8-19-5-3-9(4-6-19)14(17)21/h1-2,7,9H,3-6,8,16H2,(H2,17,21)(H,18,20). The maximum Gasteiger partial charge on any atom is 0.238 e. The van der Waals surface area contributed by atoms with Crippen LogP contribution in [0.15, 0.2) is 18.2 Å². The van der Waals surface area contributed by atoms with Gasteiger partial charge in [-0.3, -0.25) is 14.5 Å². The van der Waals surface area contributed by atoms with E-state index in [9.17, 15) is 14.0 Å². The van der Waals surface area contributed by atoms with Crippen molar-refractivity contribution in [2.45, 2.75) is 12.8 Å². The van der Waals surface area contributed by atoms with Gasteiger partial charge in [-0.05, 0) is 44.1 Å². The summed E-state index contributed by atoms with van der Waals surface area (Å²) in [4.78, 5) is 24.9. The fourth-order valence-corrected chi connectivity index (χ4v) is 2.41. The molecule has 1 aromatic rings. The Balaban J connectivity index is 1.85. The van der Waals surface area contributed by atoms with Gasteiger partial charge in [0.1, 0.15) is 5.82 Å². The van der Waals surface area contributed by atoms with Crippen LogP contribution in [-0.2, 0) is 9.59 Å². The van der Waals surface area contributed by atoms with Gasteiger partial charge in [0, 0.05) is 11.6 Å². The summed E-state index contributed by atoms with van der Waals surface area (Å²) in [7, 11) is 0. The number of halogens is 1. The van der Waals surface area contributed by atoms with Gasteiger partial charge in [0.2, 0.25) is 11.8 Å². The lowest BCUT2D eigenvalue weighted by Gasteiger charge is -2.29. The molecule has 0 saturated carbocycles. The molecule has 0 spiro atoms. The fourth-order valence-electron chi connectivity index (χ4n) is 2.41. The van der Waals surface area contributed by atoms with Crippen molar-refractivity contribution in [2.75, 3.05) is 30.7 Å². The van der Waals surface area contributed by atoms with E-state index in [1.54, 1.807) is 0 Å². The molecule has 2 amide bonds. The van der Waals surface area contributed by atoms with Gasteiger partial charge in [-0.2, -0.15) is 0 Å². The highest BCUT2D eigenvalue weighted by atomic mass is 19.1. The van der Waals surface area contributed by atoms with Gasteiger partial charge in [0.15, 0.2) is 0 Å². The van der Waals surface area contributed by atoms with Gasteiger partial charge in [0.05, 0.1) is 12.2 Å². The number of primary amides is 1. The van der Waals surface area contributed by atoms with Crippen LogP contribution in [0.1, 0.15) is 12.8 Å². The molecule has 7 heteroatoms. The normalized spacial score (nSPS) is 16.6. The van der Waals surface area contributed by atoms with Crippen molar-refractivity contribution in [2.24, 2.45) is 11.7 Å². The van der Waals surface area contributed by atoms with Crippen LogP contribution in [0.25, 0.3) is 0 Å². The highest BCUT2D eigenvalue weighted by Gasteiger charge is 2.24. The number of hydrogen-bond acceptors (Lipinski definition) is 4. The maximum atomic E-state index is 13.5. The minimum absolute atomic E-state index is 0.0759. The Bertz CT molecular complexity index is 542. The zero-order chi connectivity index (χ0) is 15.4. The molecule has 1 aromatic carbocycles. The molecule has 1 aliphatic rings. The van der Waals surface area contributed by atoms with Gasteiger partial charge >= 0.3 is 0 Å². The van der Waals surface area contributed by atoms with Crippen molar-refractivity contribution in [1.82, 2.24) is 4.90 Å². The van der Waals surface area contributed by atoms with E-state index in [2.05, 4.69) is 5.32 Å². The van der Waals surface area contributed by atoms with Gasteiger partial charge in [0.25, 0.3) is 0 Å². The van der Waals surface area contributed by atoms with Crippen molar-refractivity contribution in [3.05, 3.63) is 24.0 Å². The lowest BCUT2D eigenvalue weighted by atomic mass is 9.96. The van der Waals surface area contributed by atoms with E-state index in [4.69, 9.17) is 11.5 Å². The molecule has 1 saturated heterocycles. The predicted molar refractivity (Wildman–Crippen MR) is 77.8 cm³/mol.